The summed E-state index contributed by atoms with van der Waals surface area (Å²) in [5, 5.41) is 9.58. The van der Waals surface area contributed by atoms with E-state index in [-0.39, 0.29) is 5.92 Å². The quantitative estimate of drug-likeness (QED) is 0.827. The second-order valence-corrected chi connectivity index (χ2v) is 4.67. The van der Waals surface area contributed by atoms with Crippen LogP contribution in [-0.2, 0) is 6.54 Å². The predicted octanol–water partition coefficient (Wildman–Crippen LogP) is 1.84. The fourth-order valence-electron chi connectivity index (χ4n) is 2.30. The fraction of sp³-hybridized carbons (Fsp3) is 0.538. The van der Waals surface area contributed by atoms with Gasteiger partial charge in [0.1, 0.15) is 6.17 Å². The fourth-order valence-corrected chi connectivity index (χ4v) is 2.30. The molecule has 0 aromatic heterocycles. The average molecular weight is 223 g/mol. The van der Waals surface area contributed by atoms with Crippen LogP contribution in [0.3, 0.4) is 0 Å². The van der Waals surface area contributed by atoms with Gasteiger partial charge in [-0.15, -0.1) is 0 Å². The number of benzene rings is 1. The molecular formula is C13H18FNO. The number of β-amino-alcohol motifs (C(OH)–C–C–N with tert-alkyl or cyclic N) is 1. The maximum Gasteiger partial charge on any atom is 0.131 e. The van der Waals surface area contributed by atoms with E-state index in [9.17, 15) is 9.50 Å². The van der Waals surface area contributed by atoms with Crippen molar-refractivity contribution in [3.05, 3.63) is 35.9 Å². The summed E-state index contributed by atoms with van der Waals surface area (Å²) in [6.07, 6.45) is -1.92. The number of alkyl halides is 1. The highest BCUT2D eigenvalue weighted by atomic mass is 19.1. The minimum atomic E-state index is -1.08. The summed E-state index contributed by atoms with van der Waals surface area (Å²) in [7, 11) is 0. The average Bonchev–Trinajstić information content (AvgIpc) is 2.27. The molecule has 1 saturated heterocycles. The molecule has 88 valence electrons. The number of nitrogens with zero attached hydrogens (tertiary/aromatic N) is 1. The molecule has 1 heterocycles. The van der Waals surface area contributed by atoms with Gasteiger partial charge in [-0.2, -0.15) is 0 Å². The monoisotopic (exact) mass is 223 g/mol. The summed E-state index contributed by atoms with van der Waals surface area (Å²) in [6, 6.07) is 10.1. The molecule has 1 aliphatic heterocycles. The Bertz CT molecular complexity index is 318. The Kier molecular flexibility index (Phi) is 3.56. The molecule has 2 rings (SSSR count). The molecule has 1 aromatic rings. The zero-order valence-electron chi connectivity index (χ0n) is 9.51. The first-order valence-corrected chi connectivity index (χ1v) is 5.75. The van der Waals surface area contributed by atoms with Crippen LogP contribution in [0.4, 0.5) is 4.39 Å². The van der Waals surface area contributed by atoms with Crippen LogP contribution in [0.15, 0.2) is 30.3 Å². The first-order chi connectivity index (χ1) is 7.66. The number of piperidine rings is 1. The number of rotatable bonds is 2. The Morgan fingerprint density at radius 1 is 1.31 bits per heavy atom. The molecule has 0 bridgehead atoms. The molecule has 3 unspecified atom stereocenters. The molecular weight excluding hydrogens is 205 g/mol. The normalized spacial score (nSPS) is 31.6. The molecule has 2 nitrogen and oxygen atoms in total. The van der Waals surface area contributed by atoms with Crippen molar-refractivity contribution in [2.75, 3.05) is 13.1 Å². The van der Waals surface area contributed by atoms with Crippen molar-refractivity contribution in [3.8, 4) is 0 Å². The van der Waals surface area contributed by atoms with Gasteiger partial charge in [0, 0.05) is 25.6 Å². The van der Waals surface area contributed by atoms with Crippen LogP contribution in [0, 0.1) is 5.92 Å². The van der Waals surface area contributed by atoms with Crippen LogP contribution in [0.2, 0.25) is 0 Å². The van der Waals surface area contributed by atoms with E-state index < -0.39 is 12.3 Å². The topological polar surface area (TPSA) is 23.5 Å². The molecule has 1 N–H and O–H groups in total. The smallest absolute Gasteiger partial charge is 0.131 e. The van der Waals surface area contributed by atoms with E-state index in [0.29, 0.717) is 13.1 Å². The van der Waals surface area contributed by atoms with Crippen molar-refractivity contribution in [1.29, 1.82) is 0 Å². The largest absolute Gasteiger partial charge is 0.389 e. The molecule has 0 radical (unpaired) electrons. The Morgan fingerprint density at radius 2 is 2.00 bits per heavy atom. The first kappa shape index (κ1) is 11.6. The van der Waals surface area contributed by atoms with Crippen LogP contribution < -0.4 is 0 Å². The van der Waals surface area contributed by atoms with Gasteiger partial charge in [-0.25, -0.2) is 4.39 Å². The maximum atomic E-state index is 13.4. The molecule has 1 aliphatic rings. The predicted molar refractivity (Wildman–Crippen MR) is 61.8 cm³/mol. The van der Waals surface area contributed by atoms with Crippen LogP contribution in [0.25, 0.3) is 0 Å². The zero-order chi connectivity index (χ0) is 11.5. The second-order valence-electron chi connectivity index (χ2n) is 4.67. The van der Waals surface area contributed by atoms with Gasteiger partial charge in [-0.1, -0.05) is 37.3 Å². The Morgan fingerprint density at radius 3 is 2.62 bits per heavy atom. The van der Waals surface area contributed by atoms with Gasteiger partial charge in [0.05, 0.1) is 6.10 Å². The van der Waals surface area contributed by atoms with E-state index in [4.69, 9.17) is 0 Å². The third kappa shape index (κ3) is 2.60. The molecule has 16 heavy (non-hydrogen) atoms. The highest BCUT2D eigenvalue weighted by molar-refractivity contribution is 5.14. The van der Waals surface area contributed by atoms with Gasteiger partial charge in [0.2, 0.25) is 0 Å². The minimum Gasteiger partial charge on any atom is -0.389 e. The third-order valence-corrected chi connectivity index (χ3v) is 3.15. The molecule has 1 fully saturated rings. The summed E-state index contributed by atoms with van der Waals surface area (Å²) in [5.74, 6) is -0.0903. The van der Waals surface area contributed by atoms with Crippen molar-refractivity contribution < 1.29 is 9.50 Å². The zero-order valence-corrected chi connectivity index (χ0v) is 9.51. The van der Waals surface area contributed by atoms with Crippen LogP contribution in [0.1, 0.15) is 12.5 Å². The van der Waals surface area contributed by atoms with E-state index in [1.807, 2.05) is 25.1 Å². The Hall–Kier alpha value is -0.930. The summed E-state index contributed by atoms with van der Waals surface area (Å²) in [5.41, 5.74) is 1.21. The van der Waals surface area contributed by atoms with Crippen molar-refractivity contribution in [2.24, 2.45) is 5.92 Å². The summed E-state index contributed by atoms with van der Waals surface area (Å²) >= 11 is 0. The van der Waals surface area contributed by atoms with Crippen molar-refractivity contribution >= 4 is 0 Å². The lowest BCUT2D eigenvalue weighted by molar-refractivity contribution is -0.0297. The minimum absolute atomic E-state index is 0.0903. The Balaban J connectivity index is 1.97. The van der Waals surface area contributed by atoms with E-state index in [0.717, 1.165) is 6.54 Å². The lowest BCUT2D eigenvalue weighted by Gasteiger charge is -2.36. The molecule has 0 saturated carbocycles. The number of aliphatic hydroxyl groups excluding tert-OH is 1. The van der Waals surface area contributed by atoms with Gasteiger partial charge >= 0.3 is 0 Å². The standard InChI is InChI=1S/C13H18FNO/c1-10-7-15(9-12(16)13(10)14)8-11-5-3-2-4-6-11/h2-6,10,12-13,16H,7-9H2,1H3. The number of hydrogen-bond donors (Lipinski definition) is 1. The van der Waals surface area contributed by atoms with Crippen LogP contribution >= 0.6 is 0 Å². The highest BCUT2D eigenvalue weighted by Crippen LogP contribution is 2.21. The van der Waals surface area contributed by atoms with Gasteiger partial charge < -0.3 is 5.11 Å². The van der Waals surface area contributed by atoms with Gasteiger partial charge in [0.15, 0.2) is 0 Å². The van der Waals surface area contributed by atoms with Crippen molar-refractivity contribution in [2.45, 2.75) is 25.7 Å². The summed E-state index contributed by atoms with van der Waals surface area (Å²) in [6.45, 7) is 3.79. The lowest BCUT2D eigenvalue weighted by atomic mass is 9.95. The molecule has 1 aromatic carbocycles. The molecule has 3 heteroatoms. The maximum absolute atomic E-state index is 13.4. The number of aliphatic hydroxyl groups is 1. The van der Waals surface area contributed by atoms with Gasteiger partial charge in [-0.3, -0.25) is 4.90 Å². The molecule has 0 amide bonds. The Labute approximate surface area is 95.7 Å². The number of halogens is 1. The van der Waals surface area contributed by atoms with Crippen LogP contribution in [-0.4, -0.2) is 35.4 Å². The molecule has 0 spiro atoms. The SMILES string of the molecule is CC1CN(Cc2ccccc2)CC(O)C1F. The van der Waals surface area contributed by atoms with E-state index >= 15 is 0 Å². The molecule has 0 aliphatic carbocycles. The van der Waals surface area contributed by atoms with Crippen LogP contribution in [0.5, 0.6) is 0 Å². The molecule has 3 atom stereocenters. The third-order valence-electron chi connectivity index (χ3n) is 3.15. The van der Waals surface area contributed by atoms with Crippen molar-refractivity contribution in [1.82, 2.24) is 4.90 Å². The van der Waals surface area contributed by atoms with Crippen molar-refractivity contribution in [3.63, 3.8) is 0 Å². The number of likely N-dealkylation sites (tertiary alicyclic amines) is 1. The lowest BCUT2D eigenvalue weighted by Crippen LogP contribution is -2.49. The van der Waals surface area contributed by atoms with E-state index in [1.165, 1.54) is 5.56 Å². The summed E-state index contributed by atoms with van der Waals surface area (Å²) in [4.78, 5) is 2.11. The van der Waals surface area contributed by atoms with E-state index in [2.05, 4.69) is 17.0 Å². The number of hydrogen-bond acceptors (Lipinski definition) is 2. The highest BCUT2D eigenvalue weighted by Gasteiger charge is 2.33. The first-order valence-electron chi connectivity index (χ1n) is 5.75. The van der Waals surface area contributed by atoms with E-state index in [1.54, 1.807) is 0 Å². The van der Waals surface area contributed by atoms with Gasteiger partial charge in [0.25, 0.3) is 0 Å². The summed E-state index contributed by atoms with van der Waals surface area (Å²) < 4.78 is 13.4. The second kappa shape index (κ2) is 4.93. The van der Waals surface area contributed by atoms with Gasteiger partial charge in [-0.05, 0) is 5.56 Å².